The predicted octanol–water partition coefficient (Wildman–Crippen LogP) is 2.06. The van der Waals surface area contributed by atoms with Gasteiger partial charge in [-0.2, -0.15) is 13.5 Å². The summed E-state index contributed by atoms with van der Waals surface area (Å²) < 4.78 is 31.4. The molecule has 0 saturated heterocycles. The van der Waals surface area contributed by atoms with Crippen molar-refractivity contribution in [3.05, 3.63) is 48.0 Å². The molecule has 0 bridgehead atoms. The average molecular weight is 406 g/mol. The van der Waals surface area contributed by atoms with E-state index in [0.717, 1.165) is 12.1 Å². The smallest absolute Gasteiger partial charge is 0.326 e. The third kappa shape index (κ3) is 5.86. The van der Waals surface area contributed by atoms with Crippen molar-refractivity contribution in [2.45, 2.75) is 24.3 Å². The van der Waals surface area contributed by atoms with Crippen molar-refractivity contribution in [1.29, 1.82) is 0 Å². The molecule has 0 fully saturated rings. The Morgan fingerprint density at radius 1 is 1.14 bits per heavy atom. The van der Waals surface area contributed by atoms with Crippen molar-refractivity contribution in [2.24, 2.45) is 10.2 Å². The van der Waals surface area contributed by atoms with Crippen LogP contribution in [0.25, 0.3) is 0 Å². The van der Waals surface area contributed by atoms with Gasteiger partial charge < -0.3 is 16.2 Å². The van der Waals surface area contributed by atoms with E-state index in [9.17, 15) is 18.0 Å². The second-order valence-electron chi connectivity index (χ2n) is 5.86. The maximum atomic E-state index is 11.2. The number of anilines is 1. The van der Waals surface area contributed by atoms with Crippen LogP contribution in [-0.4, -0.2) is 36.0 Å². The van der Waals surface area contributed by atoms with E-state index in [1.165, 1.54) is 13.0 Å². The molecular weight excluding hydrogens is 388 g/mol. The van der Waals surface area contributed by atoms with E-state index in [1.807, 2.05) is 0 Å². The van der Waals surface area contributed by atoms with Gasteiger partial charge in [-0.1, -0.05) is 12.1 Å². The monoisotopic (exact) mass is 406 g/mol. The maximum Gasteiger partial charge on any atom is 0.326 e. The van der Waals surface area contributed by atoms with E-state index in [0.29, 0.717) is 11.3 Å². The summed E-state index contributed by atoms with van der Waals surface area (Å²) in [6.45, 7) is 1.24. The number of nitrogens with two attached hydrogens (primary N) is 1. The van der Waals surface area contributed by atoms with Gasteiger partial charge in [0.2, 0.25) is 5.91 Å². The number of amides is 1. The van der Waals surface area contributed by atoms with Gasteiger partial charge in [0.15, 0.2) is 0 Å². The predicted molar refractivity (Wildman–Crippen MR) is 100 cm³/mol. The number of carbonyl (C=O) groups excluding carboxylic acids is 1. The lowest BCUT2D eigenvalue weighted by Gasteiger charge is -2.13. The van der Waals surface area contributed by atoms with E-state index in [4.69, 9.17) is 15.4 Å². The fraction of sp³-hybridized carbons (Fsp3) is 0.176. The SMILES string of the molecule is CC(=O)N[C@@H](Cc1ccc(N=Nc2cc(S(=O)(=O)O)ccc2N)cc1)C(=O)O. The molecule has 2 rings (SSSR count). The van der Waals surface area contributed by atoms with Crippen LogP contribution in [0.3, 0.4) is 0 Å². The fourth-order valence-corrected chi connectivity index (χ4v) is 2.76. The van der Waals surface area contributed by atoms with Crippen molar-refractivity contribution in [3.8, 4) is 0 Å². The molecule has 28 heavy (non-hydrogen) atoms. The quantitative estimate of drug-likeness (QED) is 0.309. The van der Waals surface area contributed by atoms with Crippen molar-refractivity contribution in [3.63, 3.8) is 0 Å². The number of benzene rings is 2. The summed E-state index contributed by atoms with van der Waals surface area (Å²) in [6, 6.07) is 8.89. The number of hydrogen-bond acceptors (Lipinski definition) is 7. The minimum absolute atomic E-state index is 0.0656. The molecule has 1 atom stereocenters. The minimum Gasteiger partial charge on any atom is -0.480 e. The first-order valence-corrected chi connectivity index (χ1v) is 9.38. The van der Waals surface area contributed by atoms with Gasteiger partial charge >= 0.3 is 5.97 Å². The number of nitrogens with zero attached hydrogens (tertiary/aromatic N) is 2. The fourth-order valence-electron chi connectivity index (χ4n) is 2.26. The van der Waals surface area contributed by atoms with Crippen LogP contribution in [0.2, 0.25) is 0 Å². The topological polar surface area (TPSA) is 172 Å². The lowest BCUT2D eigenvalue weighted by molar-refractivity contribution is -0.141. The van der Waals surface area contributed by atoms with Gasteiger partial charge in [0.1, 0.15) is 11.7 Å². The molecule has 0 aliphatic carbocycles. The number of hydrogen-bond donors (Lipinski definition) is 4. The molecule has 1 amide bonds. The van der Waals surface area contributed by atoms with Crippen molar-refractivity contribution in [1.82, 2.24) is 5.32 Å². The summed E-state index contributed by atoms with van der Waals surface area (Å²) in [5.41, 5.74) is 7.03. The van der Waals surface area contributed by atoms with Crippen LogP contribution in [-0.2, 0) is 26.1 Å². The maximum absolute atomic E-state index is 11.2. The number of carboxylic acids is 1. The number of carbonyl (C=O) groups is 2. The molecule has 0 aromatic heterocycles. The van der Waals surface area contributed by atoms with E-state index >= 15 is 0 Å². The van der Waals surface area contributed by atoms with Gasteiger partial charge in [0, 0.05) is 13.3 Å². The number of aliphatic carboxylic acids is 1. The zero-order chi connectivity index (χ0) is 20.9. The van der Waals surface area contributed by atoms with Crippen molar-refractivity contribution < 1.29 is 27.7 Å². The molecule has 0 unspecified atom stereocenters. The molecule has 5 N–H and O–H groups in total. The number of azo groups is 1. The van der Waals surface area contributed by atoms with Crippen LogP contribution in [0, 0.1) is 0 Å². The first-order chi connectivity index (χ1) is 13.1. The number of rotatable bonds is 7. The zero-order valence-electron chi connectivity index (χ0n) is 14.7. The third-order valence-corrected chi connectivity index (χ3v) is 4.47. The standard InChI is InChI=1S/C17H18N4O6S/c1-10(22)19-16(17(23)24)8-11-2-4-12(5-3-11)20-21-15-9-13(28(25,26)27)6-7-14(15)18/h2-7,9,16H,8,18H2,1H3,(H,19,22)(H,23,24)(H,25,26,27)/t16-/m0/s1. The van der Waals surface area contributed by atoms with E-state index in [-0.39, 0.29) is 22.7 Å². The van der Waals surface area contributed by atoms with Crippen LogP contribution < -0.4 is 11.1 Å². The molecular formula is C17H18N4O6S. The van der Waals surface area contributed by atoms with Crippen LogP contribution in [0.5, 0.6) is 0 Å². The molecule has 148 valence electrons. The second-order valence-corrected chi connectivity index (χ2v) is 7.28. The molecule has 0 heterocycles. The Bertz CT molecular complexity index is 1020. The van der Waals surface area contributed by atoms with Crippen molar-refractivity contribution >= 4 is 39.1 Å². The Morgan fingerprint density at radius 2 is 1.79 bits per heavy atom. The third-order valence-electron chi connectivity index (χ3n) is 3.62. The Labute approximate surface area is 160 Å². The number of nitrogen functional groups attached to an aromatic ring is 1. The van der Waals surface area contributed by atoms with Crippen LogP contribution in [0.4, 0.5) is 17.1 Å². The van der Waals surface area contributed by atoms with Crippen molar-refractivity contribution in [2.75, 3.05) is 5.73 Å². The summed E-state index contributed by atoms with van der Waals surface area (Å²) in [7, 11) is -4.39. The Morgan fingerprint density at radius 3 is 2.32 bits per heavy atom. The minimum atomic E-state index is -4.39. The molecule has 2 aromatic rings. The van der Waals surface area contributed by atoms with E-state index in [1.54, 1.807) is 24.3 Å². The highest BCUT2D eigenvalue weighted by atomic mass is 32.2. The normalized spacial score (nSPS) is 12.6. The first-order valence-electron chi connectivity index (χ1n) is 7.94. The molecule has 0 saturated carbocycles. The van der Waals surface area contributed by atoms with Crippen LogP contribution in [0.1, 0.15) is 12.5 Å². The zero-order valence-corrected chi connectivity index (χ0v) is 15.5. The molecule has 0 radical (unpaired) electrons. The molecule has 10 nitrogen and oxygen atoms in total. The Hall–Kier alpha value is -3.31. The number of nitrogens with one attached hydrogen (secondary N) is 1. The van der Waals surface area contributed by atoms with E-state index < -0.39 is 28.0 Å². The van der Waals surface area contributed by atoms with Gasteiger partial charge in [-0.25, -0.2) is 4.79 Å². The molecule has 0 aliphatic rings. The lowest BCUT2D eigenvalue weighted by Crippen LogP contribution is -2.41. The average Bonchev–Trinajstić information content (AvgIpc) is 2.60. The highest BCUT2D eigenvalue weighted by Gasteiger charge is 2.18. The van der Waals surface area contributed by atoms with Gasteiger partial charge in [-0.05, 0) is 35.9 Å². The molecule has 0 spiro atoms. The van der Waals surface area contributed by atoms with Gasteiger partial charge in [-0.15, -0.1) is 5.11 Å². The molecule has 2 aromatic carbocycles. The Kier molecular flexibility index (Phi) is 6.44. The summed E-state index contributed by atoms with van der Waals surface area (Å²) in [4.78, 5) is 21.9. The van der Waals surface area contributed by atoms with Crippen LogP contribution in [0.15, 0.2) is 57.6 Å². The van der Waals surface area contributed by atoms with Gasteiger partial charge in [0.05, 0.1) is 16.3 Å². The van der Waals surface area contributed by atoms with Crippen LogP contribution >= 0.6 is 0 Å². The summed E-state index contributed by atoms with van der Waals surface area (Å²) >= 11 is 0. The summed E-state index contributed by atoms with van der Waals surface area (Å²) in [6.07, 6.45) is 0.0929. The largest absolute Gasteiger partial charge is 0.480 e. The van der Waals surface area contributed by atoms with E-state index in [2.05, 4.69) is 15.5 Å². The lowest BCUT2D eigenvalue weighted by atomic mass is 10.1. The second kappa shape index (κ2) is 8.59. The summed E-state index contributed by atoms with van der Waals surface area (Å²) in [5.74, 6) is -1.59. The summed E-state index contributed by atoms with van der Waals surface area (Å²) in [5, 5.41) is 19.3. The molecule has 0 aliphatic heterocycles. The number of carboxylic acid groups (broad SMARTS) is 1. The molecule has 11 heteroatoms. The Balaban J connectivity index is 2.16. The van der Waals surface area contributed by atoms with Gasteiger partial charge in [-0.3, -0.25) is 9.35 Å². The highest BCUT2D eigenvalue weighted by Crippen LogP contribution is 2.27. The highest BCUT2D eigenvalue weighted by molar-refractivity contribution is 7.85. The van der Waals surface area contributed by atoms with Gasteiger partial charge in [0.25, 0.3) is 10.1 Å². The first kappa shape index (κ1) is 21.0.